The zero-order valence-corrected chi connectivity index (χ0v) is 10.9. The molecule has 1 aliphatic carbocycles. The second-order valence-electron chi connectivity index (χ2n) is 6.02. The molecule has 1 rings (SSSR count). The Balaban J connectivity index is 2.30. The van der Waals surface area contributed by atoms with Crippen LogP contribution in [0, 0.1) is 11.3 Å². The van der Waals surface area contributed by atoms with Crippen molar-refractivity contribution >= 4 is 5.91 Å². The molecular weight excluding hydrogens is 200 g/mol. The van der Waals surface area contributed by atoms with Gasteiger partial charge in [0, 0.05) is 19.0 Å². The average molecular weight is 226 g/mol. The van der Waals surface area contributed by atoms with Gasteiger partial charge in [0.05, 0.1) is 0 Å². The summed E-state index contributed by atoms with van der Waals surface area (Å²) in [6.07, 6.45) is 5.17. The molecule has 0 aromatic rings. The van der Waals surface area contributed by atoms with Crippen LogP contribution in [0.4, 0.5) is 0 Å². The number of nitrogens with one attached hydrogen (secondary N) is 1. The van der Waals surface area contributed by atoms with Gasteiger partial charge in [0.1, 0.15) is 0 Å². The molecular formula is C13H26N2O. The summed E-state index contributed by atoms with van der Waals surface area (Å²) in [7, 11) is 0. The summed E-state index contributed by atoms with van der Waals surface area (Å²) in [6, 6.07) is 0.387. The van der Waals surface area contributed by atoms with Crippen LogP contribution in [0.2, 0.25) is 0 Å². The van der Waals surface area contributed by atoms with Crippen LogP contribution >= 0.6 is 0 Å². The van der Waals surface area contributed by atoms with Crippen LogP contribution in [0.25, 0.3) is 0 Å². The first kappa shape index (κ1) is 13.5. The molecule has 1 fully saturated rings. The first-order valence-corrected chi connectivity index (χ1v) is 6.43. The highest BCUT2D eigenvalue weighted by atomic mass is 16.1. The molecule has 1 amide bonds. The maximum absolute atomic E-state index is 11.4. The third-order valence-corrected chi connectivity index (χ3v) is 3.69. The average Bonchev–Trinajstić information content (AvgIpc) is 2.17. The highest BCUT2D eigenvalue weighted by molar-refractivity contribution is 5.76. The smallest absolute Gasteiger partial charge is 0.221 e. The molecule has 3 N–H and O–H groups in total. The molecule has 0 bridgehead atoms. The number of nitrogens with two attached hydrogens (primary N) is 1. The Morgan fingerprint density at radius 3 is 2.25 bits per heavy atom. The molecule has 0 atom stereocenters. The van der Waals surface area contributed by atoms with Gasteiger partial charge in [-0.3, -0.25) is 4.79 Å². The predicted octanol–water partition coefficient (Wildman–Crippen LogP) is 2.06. The fourth-order valence-corrected chi connectivity index (χ4v) is 2.53. The molecule has 0 spiro atoms. The van der Waals surface area contributed by atoms with Gasteiger partial charge in [-0.2, -0.15) is 0 Å². The Labute approximate surface area is 99.2 Å². The van der Waals surface area contributed by atoms with Gasteiger partial charge < -0.3 is 11.1 Å². The molecule has 3 nitrogen and oxygen atoms in total. The van der Waals surface area contributed by atoms with E-state index in [9.17, 15) is 4.79 Å². The van der Waals surface area contributed by atoms with Gasteiger partial charge in [0.25, 0.3) is 0 Å². The number of amides is 1. The highest BCUT2D eigenvalue weighted by Crippen LogP contribution is 2.37. The van der Waals surface area contributed by atoms with E-state index in [1.54, 1.807) is 0 Å². The summed E-state index contributed by atoms with van der Waals surface area (Å²) >= 11 is 0. The third-order valence-electron chi connectivity index (χ3n) is 3.69. The van der Waals surface area contributed by atoms with E-state index in [-0.39, 0.29) is 5.91 Å². The van der Waals surface area contributed by atoms with E-state index in [0.717, 1.165) is 18.8 Å². The molecule has 0 aliphatic heterocycles. The Morgan fingerprint density at radius 1 is 1.25 bits per heavy atom. The number of hydrogen-bond donors (Lipinski definition) is 2. The predicted molar refractivity (Wildman–Crippen MR) is 67.0 cm³/mol. The minimum absolute atomic E-state index is 0.113. The lowest BCUT2D eigenvalue weighted by atomic mass is 9.71. The third kappa shape index (κ3) is 4.12. The lowest BCUT2D eigenvalue weighted by Crippen LogP contribution is -2.40. The summed E-state index contributed by atoms with van der Waals surface area (Å²) in [4.78, 5) is 11.4. The van der Waals surface area contributed by atoms with Crippen LogP contribution in [-0.4, -0.2) is 18.5 Å². The van der Waals surface area contributed by atoms with Crippen molar-refractivity contribution < 1.29 is 4.79 Å². The minimum atomic E-state index is 0.113. The van der Waals surface area contributed by atoms with Gasteiger partial charge in [-0.05, 0) is 37.0 Å². The van der Waals surface area contributed by atoms with Crippen molar-refractivity contribution in [2.24, 2.45) is 17.1 Å². The standard InChI is InChI=1S/C13H26N2O/c1-13(2,3)10-4-6-11(7-5-10)15-12(16)8-9-14/h10-11H,4-9,14H2,1-3H3,(H,15,16). The first-order valence-electron chi connectivity index (χ1n) is 6.43. The zero-order valence-electron chi connectivity index (χ0n) is 10.9. The molecule has 0 unspecified atom stereocenters. The first-order chi connectivity index (χ1) is 7.43. The van der Waals surface area contributed by atoms with Crippen molar-refractivity contribution in [3.8, 4) is 0 Å². The molecule has 3 heteroatoms. The Bertz CT molecular complexity index is 225. The molecule has 0 radical (unpaired) electrons. The van der Waals surface area contributed by atoms with E-state index in [2.05, 4.69) is 26.1 Å². The number of hydrogen-bond acceptors (Lipinski definition) is 2. The van der Waals surface area contributed by atoms with Gasteiger partial charge in [-0.25, -0.2) is 0 Å². The van der Waals surface area contributed by atoms with Gasteiger partial charge in [-0.1, -0.05) is 20.8 Å². The molecule has 16 heavy (non-hydrogen) atoms. The number of rotatable bonds is 3. The largest absolute Gasteiger partial charge is 0.353 e. The van der Waals surface area contributed by atoms with Crippen molar-refractivity contribution in [1.29, 1.82) is 0 Å². The molecule has 0 heterocycles. The van der Waals surface area contributed by atoms with Crippen molar-refractivity contribution in [3.05, 3.63) is 0 Å². The van der Waals surface area contributed by atoms with Crippen LogP contribution in [0.15, 0.2) is 0 Å². The number of carbonyl (C=O) groups is 1. The summed E-state index contributed by atoms with van der Waals surface area (Å²) in [5, 5.41) is 3.07. The monoisotopic (exact) mass is 226 g/mol. The fraction of sp³-hybridized carbons (Fsp3) is 0.923. The topological polar surface area (TPSA) is 55.1 Å². The van der Waals surface area contributed by atoms with Crippen molar-refractivity contribution in [2.75, 3.05) is 6.54 Å². The van der Waals surface area contributed by atoms with Gasteiger partial charge in [0.2, 0.25) is 5.91 Å². The van der Waals surface area contributed by atoms with E-state index in [4.69, 9.17) is 5.73 Å². The van der Waals surface area contributed by atoms with Crippen LogP contribution in [0.5, 0.6) is 0 Å². The maximum atomic E-state index is 11.4. The van der Waals surface area contributed by atoms with E-state index in [1.165, 1.54) is 12.8 Å². The van der Waals surface area contributed by atoms with Crippen LogP contribution in [-0.2, 0) is 4.79 Å². The number of carbonyl (C=O) groups excluding carboxylic acids is 1. The molecule has 1 saturated carbocycles. The van der Waals surface area contributed by atoms with Crippen molar-refractivity contribution in [2.45, 2.75) is 58.9 Å². The minimum Gasteiger partial charge on any atom is -0.353 e. The summed E-state index contributed by atoms with van der Waals surface area (Å²) in [5.74, 6) is 0.914. The lowest BCUT2D eigenvalue weighted by molar-refractivity contribution is -0.121. The summed E-state index contributed by atoms with van der Waals surface area (Å²) < 4.78 is 0. The van der Waals surface area contributed by atoms with E-state index in [1.807, 2.05) is 0 Å². The SMILES string of the molecule is CC(C)(C)C1CCC(NC(=O)CCN)CC1. The molecule has 0 saturated heterocycles. The Kier molecular flexibility index (Phi) is 4.78. The molecule has 0 aromatic heterocycles. The summed E-state index contributed by atoms with van der Waals surface area (Å²) in [5.41, 5.74) is 5.76. The maximum Gasteiger partial charge on any atom is 0.221 e. The van der Waals surface area contributed by atoms with Gasteiger partial charge >= 0.3 is 0 Å². The van der Waals surface area contributed by atoms with Crippen LogP contribution < -0.4 is 11.1 Å². The Hall–Kier alpha value is -0.570. The fourth-order valence-electron chi connectivity index (χ4n) is 2.53. The summed E-state index contributed by atoms with van der Waals surface area (Å²) in [6.45, 7) is 7.38. The Morgan fingerprint density at radius 2 is 1.81 bits per heavy atom. The lowest BCUT2D eigenvalue weighted by Gasteiger charge is -2.37. The molecule has 1 aliphatic rings. The molecule has 0 aromatic carbocycles. The quantitative estimate of drug-likeness (QED) is 0.774. The van der Waals surface area contributed by atoms with Gasteiger partial charge in [-0.15, -0.1) is 0 Å². The van der Waals surface area contributed by atoms with E-state index in [0.29, 0.717) is 24.4 Å². The van der Waals surface area contributed by atoms with E-state index >= 15 is 0 Å². The normalized spacial score (nSPS) is 26.5. The van der Waals surface area contributed by atoms with Crippen LogP contribution in [0.3, 0.4) is 0 Å². The van der Waals surface area contributed by atoms with Crippen molar-refractivity contribution in [3.63, 3.8) is 0 Å². The second-order valence-corrected chi connectivity index (χ2v) is 6.02. The van der Waals surface area contributed by atoms with Gasteiger partial charge in [0.15, 0.2) is 0 Å². The van der Waals surface area contributed by atoms with Crippen LogP contribution in [0.1, 0.15) is 52.9 Å². The van der Waals surface area contributed by atoms with Crippen molar-refractivity contribution in [1.82, 2.24) is 5.32 Å². The molecule has 94 valence electrons. The van der Waals surface area contributed by atoms with E-state index < -0.39 is 0 Å². The second kappa shape index (κ2) is 5.67. The zero-order chi connectivity index (χ0) is 12.2. The highest BCUT2D eigenvalue weighted by Gasteiger charge is 2.29.